The summed E-state index contributed by atoms with van der Waals surface area (Å²) >= 11 is 0. The molecule has 0 aromatic heterocycles. The molecule has 0 aliphatic carbocycles. The van der Waals surface area contributed by atoms with Gasteiger partial charge in [-0.15, -0.1) is 0 Å². The molecule has 0 bridgehead atoms. The van der Waals surface area contributed by atoms with Crippen molar-refractivity contribution >= 4 is 0 Å². The quantitative estimate of drug-likeness (QED) is 0.685. The Hall–Kier alpha value is -0.560. The van der Waals surface area contributed by atoms with Crippen LogP contribution in [0.3, 0.4) is 0 Å². The molecule has 0 aromatic carbocycles. The van der Waals surface area contributed by atoms with E-state index in [0.29, 0.717) is 12.5 Å². The van der Waals surface area contributed by atoms with Crippen molar-refractivity contribution in [2.24, 2.45) is 17.1 Å². The molecule has 14 heavy (non-hydrogen) atoms. The lowest BCUT2D eigenvalue weighted by Crippen LogP contribution is -2.10. The van der Waals surface area contributed by atoms with E-state index in [0.717, 1.165) is 0 Å². The molecule has 0 unspecified atom stereocenters. The fraction of sp³-hybridized carbons (Fsp3) is 0.692. The van der Waals surface area contributed by atoms with Crippen molar-refractivity contribution in [2.75, 3.05) is 6.54 Å². The van der Waals surface area contributed by atoms with E-state index >= 15 is 0 Å². The number of allylic oxidation sites excluding steroid dienone is 3. The molecule has 0 radical (unpaired) electrons. The largest absolute Gasteiger partial charge is 0.327 e. The molecule has 0 rings (SSSR count). The average Bonchev–Trinajstić information content (AvgIpc) is 2.00. The molecule has 0 aliphatic rings. The van der Waals surface area contributed by atoms with Gasteiger partial charge >= 0.3 is 0 Å². The van der Waals surface area contributed by atoms with Crippen LogP contribution in [0.4, 0.5) is 0 Å². The van der Waals surface area contributed by atoms with Crippen LogP contribution in [-0.4, -0.2) is 6.54 Å². The molecule has 0 aliphatic heterocycles. The van der Waals surface area contributed by atoms with E-state index in [2.05, 4.69) is 53.7 Å². The minimum Gasteiger partial charge on any atom is -0.327 e. The van der Waals surface area contributed by atoms with Crippen LogP contribution in [0.2, 0.25) is 0 Å². The third kappa shape index (κ3) is 5.23. The predicted octanol–water partition coefficient (Wildman–Crippen LogP) is 3.52. The van der Waals surface area contributed by atoms with Gasteiger partial charge in [-0.2, -0.15) is 0 Å². The highest BCUT2D eigenvalue weighted by molar-refractivity contribution is 5.28. The van der Waals surface area contributed by atoms with Crippen LogP contribution >= 0.6 is 0 Å². The number of rotatable bonds is 3. The van der Waals surface area contributed by atoms with E-state index in [-0.39, 0.29) is 5.41 Å². The second-order valence-corrected chi connectivity index (χ2v) is 5.31. The molecular weight excluding hydrogens is 170 g/mol. The number of hydrogen-bond donors (Lipinski definition) is 1. The topological polar surface area (TPSA) is 26.0 Å². The molecule has 0 atom stereocenters. The summed E-state index contributed by atoms with van der Waals surface area (Å²) in [4.78, 5) is 0. The van der Waals surface area contributed by atoms with Crippen LogP contribution in [0.25, 0.3) is 0 Å². The normalized spacial score (nSPS) is 15.1. The lowest BCUT2D eigenvalue weighted by atomic mass is 9.83. The molecule has 0 saturated carbocycles. The zero-order valence-corrected chi connectivity index (χ0v) is 10.5. The van der Waals surface area contributed by atoms with Gasteiger partial charge in [-0.05, 0) is 23.8 Å². The minimum atomic E-state index is 0.209. The predicted molar refractivity (Wildman–Crippen MR) is 65.2 cm³/mol. The van der Waals surface area contributed by atoms with Crippen molar-refractivity contribution in [2.45, 2.75) is 41.5 Å². The molecule has 82 valence electrons. The SMILES string of the molecule is C/C(=C/C(=C\C(C)C)C(C)(C)C)CN. The van der Waals surface area contributed by atoms with Gasteiger partial charge in [0.05, 0.1) is 0 Å². The zero-order valence-electron chi connectivity index (χ0n) is 10.5. The van der Waals surface area contributed by atoms with Crippen molar-refractivity contribution < 1.29 is 0 Å². The Bertz CT molecular complexity index is 226. The third-order valence-electron chi connectivity index (χ3n) is 2.10. The fourth-order valence-electron chi connectivity index (χ4n) is 1.20. The van der Waals surface area contributed by atoms with Gasteiger partial charge in [0.25, 0.3) is 0 Å². The standard InChI is InChI=1S/C13H25N/c1-10(2)7-12(13(4,5)6)8-11(3)9-14/h7-8,10H,9,14H2,1-6H3/b11-8-,12-7+. The Labute approximate surface area is 89.1 Å². The molecule has 0 saturated heterocycles. The van der Waals surface area contributed by atoms with E-state index in [4.69, 9.17) is 5.73 Å². The van der Waals surface area contributed by atoms with Gasteiger partial charge in [0.1, 0.15) is 0 Å². The maximum Gasteiger partial charge on any atom is 0.0137 e. The first-order valence-electron chi connectivity index (χ1n) is 5.37. The lowest BCUT2D eigenvalue weighted by Gasteiger charge is -2.22. The highest BCUT2D eigenvalue weighted by Crippen LogP contribution is 2.28. The number of hydrogen-bond acceptors (Lipinski definition) is 1. The monoisotopic (exact) mass is 195 g/mol. The highest BCUT2D eigenvalue weighted by atomic mass is 14.5. The molecule has 0 amide bonds. The van der Waals surface area contributed by atoms with E-state index in [9.17, 15) is 0 Å². The smallest absolute Gasteiger partial charge is 0.0137 e. The summed E-state index contributed by atoms with van der Waals surface area (Å²) < 4.78 is 0. The van der Waals surface area contributed by atoms with Crippen LogP contribution in [0.1, 0.15) is 41.5 Å². The molecule has 0 aromatic rings. The van der Waals surface area contributed by atoms with E-state index in [1.807, 2.05) is 0 Å². The second-order valence-electron chi connectivity index (χ2n) is 5.31. The van der Waals surface area contributed by atoms with E-state index < -0.39 is 0 Å². The molecular formula is C13H25N. The molecule has 1 heteroatoms. The zero-order chi connectivity index (χ0) is 11.4. The summed E-state index contributed by atoms with van der Waals surface area (Å²) in [5, 5.41) is 0. The molecule has 0 spiro atoms. The van der Waals surface area contributed by atoms with Crippen molar-refractivity contribution in [3.05, 3.63) is 23.3 Å². The van der Waals surface area contributed by atoms with Gasteiger partial charge in [0.15, 0.2) is 0 Å². The van der Waals surface area contributed by atoms with Crippen molar-refractivity contribution in [1.29, 1.82) is 0 Å². The van der Waals surface area contributed by atoms with E-state index in [1.165, 1.54) is 11.1 Å². The van der Waals surface area contributed by atoms with Crippen LogP contribution in [0, 0.1) is 11.3 Å². The summed E-state index contributed by atoms with van der Waals surface area (Å²) in [5.41, 5.74) is 8.44. The summed E-state index contributed by atoms with van der Waals surface area (Å²) in [5.74, 6) is 0.589. The summed E-state index contributed by atoms with van der Waals surface area (Å²) in [7, 11) is 0. The summed E-state index contributed by atoms with van der Waals surface area (Å²) in [6, 6.07) is 0. The first-order valence-corrected chi connectivity index (χ1v) is 5.37. The van der Waals surface area contributed by atoms with Gasteiger partial charge in [0, 0.05) is 6.54 Å². The maximum absolute atomic E-state index is 5.60. The summed E-state index contributed by atoms with van der Waals surface area (Å²) in [6.07, 6.45) is 4.54. The van der Waals surface area contributed by atoms with Crippen LogP contribution in [-0.2, 0) is 0 Å². The molecule has 2 N–H and O–H groups in total. The van der Waals surface area contributed by atoms with Crippen molar-refractivity contribution in [3.63, 3.8) is 0 Å². The Morgan fingerprint density at radius 1 is 1.29 bits per heavy atom. The average molecular weight is 195 g/mol. The second kappa shape index (κ2) is 5.35. The molecule has 0 heterocycles. The van der Waals surface area contributed by atoms with Gasteiger partial charge in [0.2, 0.25) is 0 Å². The van der Waals surface area contributed by atoms with E-state index in [1.54, 1.807) is 0 Å². The first-order chi connectivity index (χ1) is 6.27. The Kier molecular flexibility index (Phi) is 5.14. The van der Waals surface area contributed by atoms with Gasteiger partial charge in [-0.25, -0.2) is 0 Å². The van der Waals surface area contributed by atoms with Gasteiger partial charge < -0.3 is 5.73 Å². The Morgan fingerprint density at radius 2 is 1.79 bits per heavy atom. The lowest BCUT2D eigenvalue weighted by molar-refractivity contribution is 0.510. The van der Waals surface area contributed by atoms with Crippen molar-refractivity contribution in [3.8, 4) is 0 Å². The molecule has 1 nitrogen and oxygen atoms in total. The molecule has 0 fully saturated rings. The van der Waals surface area contributed by atoms with Crippen molar-refractivity contribution in [1.82, 2.24) is 0 Å². The minimum absolute atomic E-state index is 0.209. The number of nitrogens with two attached hydrogens (primary N) is 1. The Morgan fingerprint density at radius 3 is 2.07 bits per heavy atom. The third-order valence-corrected chi connectivity index (χ3v) is 2.10. The fourth-order valence-corrected chi connectivity index (χ4v) is 1.20. The van der Waals surface area contributed by atoms with Crippen LogP contribution < -0.4 is 5.73 Å². The van der Waals surface area contributed by atoms with Gasteiger partial charge in [-0.1, -0.05) is 52.3 Å². The Balaban J connectivity index is 4.95. The maximum atomic E-state index is 5.60. The summed E-state index contributed by atoms with van der Waals surface area (Å²) in [6.45, 7) is 13.9. The van der Waals surface area contributed by atoms with Gasteiger partial charge in [-0.3, -0.25) is 0 Å². The first kappa shape index (κ1) is 13.4. The van der Waals surface area contributed by atoms with Crippen LogP contribution in [0.15, 0.2) is 23.3 Å². The van der Waals surface area contributed by atoms with Crippen LogP contribution in [0.5, 0.6) is 0 Å². The highest BCUT2D eigenvalue weighted by Gasteiger charge is 2.15.